The minimum absolute atomic E-state index is 0.0188. The Morgan fingerprint density at radius 2 is 1.92 bits per heavy atom. The Morgan fingerprint density at radius 1 is 1.19 bits per heavy atom. The third-order valence-corrected chi connectivity index (χ3v) is 4.79. The normalized spacial score (nSPS) is 15.7. The van der Waals surface area contributed by atoms with Crippen LogP contribution in [-0.2, 0) is 12.0 Å². The van der Waals surface area contributed by atoms with Crippen molar-refractivity contribution in [2.24, 2.45) is 5.92 Å². The molecule has 0 atom stereocenters. The number of anilines is 1. The molecule has 1 aliphatic heterocycles. The van der Waals surface area contributed by atoms with Crippen molar-refractivity contribution in [3.05, 3.63) is 46.5 Å². The van der Waals surface area contributed by atoms with Crippen LogP contribution in [0.2, 0.25) is 0 Å². The average molecular weight is 352 g/mol. The minimum Gasteiger partial charge on any atom is -0.355 e. The molecular weight excluding hydrogens is 328 g/mol. The molecule has 7 nitrogen and oxygen atoms in total. The Kier molecular flexibility index (Phi) is 5.03. The number of nitrogens with zero attached hydrogens (tertiary/aromatic N) is 6. The first-order valence-electron chi connectivity index (χ1n) is 8.91. The molecule has 2 aromatic rings. The fourth-order valence-electron chi connectivity index (χ4n) is 3.14. The zero-order valence-corrected chi connectivity index (χ0v) is 15.5. The molecular formula is C19H24N6O. The van der Waals surface area contributed by atoms with Crippen LogP contribution in [0.15, 0.2) is 29.6 Å². The molecule has 0 amide bonds. The number of aromatic nitrogens is 4. The molecule has 1 aliphatic rings. The van der Waals surface area contributed by atoms with Crippen LogP contribution in [0.5, 0.6) is 0 Å². The van der Waals surface area contributed by atoms with Gasteiger partial charge in [-0.15, -0.1) is 0 Å². The lowest BCUT2D eigenvalue weighted by molar-refractivity contribution is 0.349. The molecule has 0 spiro atoms. The maximum absolute atomic E-state index is 12.4. The van der Waals surface area contributed by atoms with Gasteiger partial charge >= 0.3 is 0 Å². The van der Waals surface area contributed by atoms with Gasteiger partial charge in [-0.2, -0.15) is 5.26 Å². The van der Waals surface area contributed by atoms with Crippen LogP contribution in [0.4, 0.5) is 5.82 Å². The molecule has 1 fully saturated rings. The van der Waals surface area contributed by atoms with Crippen LogP contribution in [-0.4, -0.2) is 32.6 Å². The highest BCUT2D eigenvalue weighted by molar-refractivity contribution is 5.37. The van der Waals surface area contributed by atoms with Crippen molar-refractivity contribution < 1.29 is 0 Å². The predicted octanol–water partition coefficient (Wildman–Crippen LogP) is 2.12. The molecule has 0 aromatic carbocycles. The van der Waals surface area contributed by atoms with Gasteiger partial charge in [0.2, 0.25) is 0 Å². The van der Waals surface area contributed by atoms with E-state index in [9.17, 15) is 4.79 Å². The highest BCUT2D eigenvalue weighted by atomic mass is 16.1. The van der Waals surface area contributed by atoms with E-state index >= 15 is 0 Å². The van der Waals surface area contributed by atoms with Gasteiger partial charge in [0.15, 0.2) is 5.69 Å². The quantitative estimate of drug-likeness (QED) is 0.841. The fourth-order valence-corrected chi connectivity index (χ4v) is 3.14. The first-order valence-corrected chi connectivity index (χ1v) is 8.91. The zero-order chi connectivity index (χ0) is 18.7. The molecule has 0 saturated carbocycles. The van der Waals surface area contributed by atoms with E-state index in [1.807, 2.05) is 6.07 Å². The lowest BCUT2D eigenvalue weighted by Gasteiger charge is -2.32. The number of rotatable bonds is 3. The van der Waals surface area contributed by atoms with Crippen molar-refractivity contribution in [3.63, 3.8) is 0 Å². The minimum atomic E-state index is -0.119. The number of nitriles is 1. The van der Waals surface area contributed by atoms with Crippen molar-refractivity contribution in [2.75, 3.05) is 18.0 Å². The van der Waals surface area contributed by atoms with E-state index in [1.165, 1.54) is 6.20 Å². The van der Waals surface area contributed by atoms with E-state index in [-0.39, 0.29) is 11.0 Å². The second-order valence-corrected chi connectivity index (χ2v) is 7.82. The molecule has 2 aromatic heterocycles. The van der Waals surface area contributed by atoms with Crippen molar-refractivity contribution in [3.8, 4) is 6.07 Å². The second-order valence-electron chi connectivity index (χ2n) is 7.82. The zero-order valence-electron chi connectivity index (χ0n) is 15.5. The predicted molar refractivity (Wildman–Crippen MR) is 98.9 cm³/mol. The van der Waals surface area contributed by atoms with E-state index in [4.69, 9.17) is 5.26 Å². The van der Waals surface area contributed by atoms with Crippen molar-refractivity contribution in [2.45, 2.75) is 45.6 Å². The van der Waals surface area contributed by atoms with Gasteiger partial charge in [-0.05, 0) is 18.8 Å². The summed E-state index contributed by atoms with van der Waals surface area (Å²) < 4.78 is 1.72. The maximum atomic E-state index is 12.4. The van der Waals surface area contributed by atoms with Crippen LogP contribution in [0, 0.1) is 17.2 Å². The van der Waals surface area contributed by atoms with Gasteiger partial charge in [0.25, 0.3) is 5.56 Å². The van der Waals surface area contributed by atoms with E-state index in [0.717, 1.165) is 37.4 Å². The topological polar surface area (TPSA) is 87.7 Å². The smallest absolute Gasteiger partial charge is 0.253 e. The van der Waals surface area contributed by atoms with E-state index in [1.54, 1.807) is 23.2 Å². The molecule has 3 heterocycles. The Balaban J connectivity index is 1.60. The molecule has 26 heavy (non-hydrogen) atoms. The lowest BCUT2D eigenvalue weighted by atomic mass is 9.92. The van der Waals surface area contributed by atoms with Gasteiger partial charge in [-0.1, -0.05) is 20.8 Å². The molecule has 7 heteroatoms. The molecule has 1 saturated heterocycles. The third-order valence-electron chi connectivity index (χ3n) is 4.79. The van der Waals surface area contributed by atoms with Crippen molar-refractivity contribution >= 4 is 5.82 Å². The Bertz CT molecular complexity index is 851. The number of hydrogen-bond donors (Lipinski definition) is 0. The molecule has 0 aliphatic carbocycles. The third kappa shape index (κ3) is 4.07. The van der Waals surface area contributed by atoms with E-state index in [0.29, 0.717) is 18.2 Å². The summed E-state index contributed by atoms with van der Waals surface area (Å²) in [5, 5.41) is 8.80. The molecule has 0 radical (unpaired) electrons. The summed E-state index contributed by atoms with van der Waals surface area (Å²) in [5.74, 6) is 1.24. The van der Waals surface area contributed by atoms with Gasteiger partial charge < -0.3 is 4.90 Å². The first-order chi connectivity index (χ1) is 12.4. The van der Waals surface area contributed by atoms with Gasteiger partial charge in [-0.25, -0.2) is 15.0 Å². The Hall–Kier alpha value is -2.75. The Labute approximate surface area is 153 Å². The second kappa shape index (κ2) is 7.24. The summed E-state index contributed by atoms with van der Waals surface area (Å²) in [7, 11) is 0. The summed E-state index contributed by atoms with van der Waals surface area (Å²) in [6.07, 6.45) is 6.80. The van der Waals surface area contributed by atoms with Crippen LogP contribution < -0.4 is 10.5 Å². The number of hydrogen-bond acceptors (Lipinski definition) is 6. The van der Waals surface area contributed by atoms with Crippen LogP contribution in [0.3, 0.4) is 0 Å². The maximum Gasteiger partial charge on any atom is 0.253 e. The summed E-state index contributed by atoms with van der Waals surface area (Å²) in [6.45, 7) is 8.60. The number of piperidine rings is 1. The molecule has 0 bridgehead atoms. The van der Waals surface area contributed by atoms with Crippen LogP contribution in [0.25, 0.3) is 0 Å². The first kappa shape index (κ1) is 18.1. The average Bonchev–Trinajstić information content (AvgIpc) is 2.63. The van der Waals surface area contributed by atoms with E-state index in [2.05, 4.69) is 40.6 Å². The fraction of sp³-hybridized carbons (Fsp3) is 0.526. The summed E-state index contributed by atoms with van der Waals surface area (Å²) in [6, 6.07) is 3.63. The van der Waals surface area contributed by atoms with E-state index < -0.39 is 0 Å². The van der Waals surface area contributed by atoms with Gasteiger partial charge in [0.1, 0.15) is 11.9 Å². The molecule has 0 unspecified atom stereocenters. The van der Waals surface area contributed by atoms with Crippen molar-refractivity contribution in [1.29, 1.82) is 5.26 Å². The van der Waals surface area contributed by atoms with Gasteiger partial charge in [0.05, 0.1) is 24.4 Å². The van der Waals surface area contributed by atoms with Crippen molar-refractivity contribution in [1.82, 2.24) is 19.5 Å². The molecule has 3 rings (SSSR count). The SMILES string of the molecule is CC(C)(C)c1cc(=O)n(CC2CCN(c3cnc(C#N)cn3)CC2)cn1. The standard InChI is InChI=1S/C19H24N6O/c1-19(2,3)16-8-18(26)25(13-23-16)12-14-4-6-24(7-5-14)17-11-21-15(9-20)10-22-17/h8,10-11,13-14H,4-7,12H2,1-3H3. The van der Waals surface area contributed by atoms with Crippen LogP contribution >= 0.6 is 0 Å². The summed E-state index contributed by atoms with van der Waals surface area (Å²) in [4.78, 5) is 27.4. The highest BCUT2D eigenvalue weighted by Gasteiger charge is 2.22. The molecule has 0 N–H and O–H groups in total. The van der Waals surface area contributed by atoms with Gasteiger partial charge in [-0.3, -0.25) is 9.36 Å². The molecule has 136 valence electrons. The van der Waals surface area contributed by atoms with Crippen LogP contribution in [0.1, 0.15) is 45.0 Å². The largest absolute Gasteiger partial charge is 0.355 e. The summed E-state index contributed by atoms with van der Waals surface area (Å²) in [5.41, 5.74) is 1.05. The Morgan fingerprint density at radius 3 is 2.46 bits per heavy atom. The lowest BCUT2D eigenvalue weighted by Crippen LogP contribution is -2.37. The monoisotopic (exact) mass is 352 g/mol. The highest BCUT2D eigenvalue weighted by Crippen LogP contribution is 2.23. The summed E-state index contributed by atoms with van der Waals surface area (Å²) >= 11 is 0. The van der Waals surface area contributed by atoms with Gasteiger partial charge in [0, 0.05) is 31.1 Å².